The first-order valence-corrected chi connectivity index (χ1v) is 31.1. The number of unbranched alkanes of at least 4 members (excludes halogenated alkanes) is 42. The SMILES string of the molecule is CCCCCCCCCCCC/C=C/[C@@H](O)[C@H](COP(=O)(O)OCC[N+](C)(C)C)NC(=O)CCCCCCCCCCCCCCCCCCCCCCCCCCCCCCCCCCC. The van der Waals surface area contributed by atoms with Crippen molar-refractivity contribution >= 4 is 13.7 Å². The zero-order valence-corrected chi connectivity index (χ0v) is 46.6. The summed E-state index contributed by atoms with van der Waals surface area (Å²) in [5.74, 6) is -0.171. The van der Waals surface area contributed by atoms with Crippen molar-refractivity contribution in [3.05, 3.63) is 12.2 Å². The Hall–Kier alpha value is -0.760. The van der Waals surface area contributed by atoms with Crippen LogP contribution in [0.4, 0.5) is 0 Å². The molecule has 0 aromatic heterocycles. The Labute approximate surface area is 418 Å². The van der Waals surface area contributed by atoms with Gasteiger partial charge in [0.15, 0.2) is 0 Å². The van der Waals surface area contributed by atoms with E-state index in [1.165, 1.54) is 244 Å². The summed E-state index contributed by atoms with van der Waals surface area (Å²) in [6.45, 7) is 4.85. The van der Waals surface area contributed by atoms with E-state index in [1.54, 1.807) is 6.08 Å². The van der Waals surface area contributed by atoms with Crippen LogP contribution in [-0.4, -0.2) is 73.4 Å². The van der Waals surface area contributed by atoms with Crippen LogP contribution in [-0.2, 0) is 18.4 Å². The van der Waals surface area contributed by atoms with E-state index in [4.69, 9.17) is 9.05 Å². The van der Waals surface area contributed by atoms with Gasteiger partial charge in [-0.3, -0.25) is 13.8 Å². The molecule has 8 nitrogen and oxygen atoms in total. The van der Waals surface area contributed by atoms with Crippen molar-refractivity contribution in [1.82, 2.24) is 5.32 Å². The smallest absolute Gasteiger partial charge is 0.387 e. The Morgan fingerprint density at radius 3 is 1.10 bits per heavy atom. The molecule has 1 unspecified atom stereocenters. The van der Waals surface area contributed by atoms with Gasteiger partial charge in [-0.2, -0.15) is 0 Å². The molecule has 1 amide bonds. The molecule has 400 valence electrons. The number of carbonyl (C=O) groups excluding carboxylic acids is 1. The van der Waals surface area contributed by atoms with Gasteiger partial charge in [0.1, 0.15) is 13.2 Å². The van der Waals surface area contributed by atoms with Crippen LogP contribution < -0.4 is 5.32 Å². The minimum absolute atomic E-state index is 0.0648. The van der Waals surface area contributed by atoms with Crippen LogP contribution in [0, 0.1) is 0 Å². The molecular weight excluding hydrogens is 852 g/mol. The summed E-state index contributed by atoms with van der Waals surface area (Å²) in [5, 5.41) is 13.9. The number of nitrogens with zero attached hydrogens (tertiary/aromatic N) is 1. The molecule has 0 fully saturated rings. The average molecular weight is 971 g/mol. The average Bonchev–Trinajstić information content (AvgIpc) is 3.29. The number of aliphatic hydroxyl groups excluding tert-OH is 1. The lowest BCUT2D eigenvalue weighted by Gasteiger charge is -2.25. The number of allylic oxidation sites excluding steroid dienone is 1. The van der Waals surface area contributed by atoms with Gasteiger partial charge >= 0.3 is 7.82 Å². The number of carbonyl (C=O) groups is 1. The van der Waals surface area contributed by atoms with Gasteiger partial charge < -0.3 is 19.8 Å². The van der Waals surface area contributed by atoms with Gasteiger partial charge in [0.25, 0.3) is 0 Å². The van der Waals surface area contributed by atoms with E-state index in [2.05, 4.69) is 19.2 Å². The highest BCUT2D eigenvalue weighted by Gasteiger charge is 2.27. The van der Waals surface area contributed by atoms with E-state index in [0.717, 1.165) is 38.5 Å². The Bertz CT molecular complexity index is 1100. The lowest BCUT2D eigenvalue weighted by atomic mass is 10.0. The fourth-order valence-corrected chi connectivity index (χ4v) is 9.84. The molecule has 0 aromatic rings. The van der Waals surface area contributed by atoms with Crippen LogP contribution in [0.3, 0.4) is 0 Å². The Morgan fingerprint density at radius 1 is 0.493 bits per heavy atom. The molecule has 0 heterocycles. The van der Waals surface area contributed by atoms with Gasteiger partial charge in [-0.05, 0) is 19.3 Å². The van der Waals surface area contributed by atoms with Crippen molar-refractivity contribution in [1.29, 1.82) is 0 Å². The Balaban J connectivity index is 3.92. The summed E-state index contributed by atoms with van der Waals surface area (Å²) in [7, 11) is 1.59. The molecule has 0 radical (unpaired) electrons. The van der Waals surface area contributed by atoms with Crippen LogP contribution in [0.25, 0.3) is 0 Å². The molecule has 0 spiro atoms. The van der Waals surface area contributed by atoms with Gasteiger partial charge in [-0.15, -0.1) is 0 Å². The molecule has 0 saturated heterocycles. The monoisotopic (exact) mass is 970 g/mol. The number of hydrogen-bond acceptors (Lipinski definition) is 5. The molecule has 0 aromatic carbocycles. The number of quaternary nitrogens is 1. The van der Waals surface area contributed by atoms with Gasteiger partial charge in [0.05, 0.1) is 39.9 Å². The molecule has 3 atom stereocenters. The number of nitrogens with one attached hydrogen (secondary N) is 1. The van der Waals surface area contributed by atoms with E-state index < -0.39 is 20.0 Å². The van der Waals surface area contributed by atoms with E-state index >= 15 is 0 Å². The van der Waals surface area contributed by atoms with Crippen LogP contribution in [0.15, 0.2) is 12.2 Å². The maximum Gasteiger partial charge on any atom is 0.472 e. The number of phosphoric ester groups is 1. The molecule has 0 saturated carbocycles. The van der Waals surface area contributed by atoms with Crippen molar-refractivity contribution < 1.29 is 32.9 Å². The Kier molecular flexibility index (Phi) is 49.6. The minimum atomic E-state index is -4.34. The van der Waals surface area contributed by atoms with Crippen molar-refractivity contribution in [2.75, 3.05) is 40.9 Å². The maximum absolute atomic E-state index is 12.9. The molecule has 67 heavy (non-hydrogen) atoms. The van der Waals surface area contributed by atoms with E-state index in [1.807, 2.05) is 27.2 Å². The fourth-order valence-electron chi connectivity index (χ4n) is 9.10. The van der Waals surface area contributed by atoms with E-state index in [9.17, 15) is 19.4 Å². The quantitative estimate of drug-likeness (QED) is 0.0243. The number of likely N-dealkylation sites (N-methyl/N-ethyl adjacent to an activating group) is 1. The third-order valence-corrected chi connectivity index (χ3v) is 14.7. The normalized spacial score (nSPS) is 14.0. The second kappa shape index (κ2) is 50.2. The van der Waals surface area contributed by atoms with Crippen LogP contribution in [0.1, 0.15) is 303 Å². The number of rotatable bonds is 55. The molecule has 0 rings (SSSR count). The first-order valence-electron chi connectivity index (χ1n) is 29.6. The molecular formula is C58H118N2O6P+. The van der Waals surface area contributed by atoms with Crippen molar-refractivity contribution in [3.63, 3.8) is 0 Å². The van der Waals surface area contributed by atoms with E-state index in [0.29, 0.717) is 17.4 Å². The lowest BCUT2D eigenvalue weighted by molar-refractivity contribution is -0.870. The van der Waals surface area contributed by atoms with Gasteiger partial charge in [-0.25, -0.2) is 4.57 Å². The van der Waals surface area contributed by atoms with Crippen LogP contribution >= 0.6 is 7.82 Å². The molecule has 0 aliphatic heterocycles. The number of amides is 1. The zero-order chi connectivity index (χ0) is 49.2. The maximum atomic E-state index is 12.9. The third kappa shape index (κ3) is 52.9. The molecule has 0 bridgehead atoms. The zero-order valence-electron chi connectivity index (χ0n) is 45.7. The summed E-state index contributed by atoms with van der Waals surface area (Å²) in [6, 6.07) is -0.841. The highest BCUT2D eigenvalue weighted by atomic mass is 31.2. The molecule has 9 heteroatoms. The van der Waals surface area contributed by atoms with E-state index in [-0.39, 0.29) is 19.1 Å². The van der Waals surface area contributed by atoms with Gasteiger partial charge in [0, 0.05) is 6.42 Å². The summed E-state index contributed by atoms with van der Waals surface area (Å²) in [6.07, 6.45) is 62.0. The summed E-state index contributed by atoms with van der Waals surface area (Å²) in [5.41, 5.74) is 0. The first kappa shape index (κ1) is 66.2. The van der Waals surface area contributed by atoms with Gasteiger partial charge in [0.2, 0.25) is 5.91 Å². The molecule has 0 aliphatic rings. The van der Waals surface area contributed by atoms with Crippen molar-refractivity contribution in [2.24, 2.45) is 0 Å². The first-order chi connectivity index (χ1) is 32.5. The number of aliphatic hydroxyl groups is 1. The Morgan fingerprint density at radius 2 is 0.791 bits per heavy atom. The second-order valence-corrected chi connectivity index (χ2v) is 23.2. The topological polar surface area (TPSA) is 105 Å². The van der Waals surface area contributed by atoms with Crippen LogP contribution in [0.2, 0.25) is 0 Å². The molecule has 0 aliphatic carbocycles. The summed E-state index contributed by atoms with van der Waals surface area (Å²) < 4.78 is 23.6. The number of phosphoric acid groups is 1. The minimum Gasteiger partial charge on any atom is -0.387 e. The predicted octanol–water partition coefficient (Wildman–Crippen LogP) is 17.8. The third-order valence-electron chi connectivity index (χ3n) is 13.8. The highest BCUT2D eigenvalue weighted by molar-refractivity contribution is 7.47. The number of hydrogen-bond donors (Lipinski definition) is 3. The standard InChI is InChI=1S/C58H117N2O6P/c1-6-8-10-12-14-16-18-20-21-22-23-24-25-26-27-28-29-30-31-32-33-34-35-36-37-38-39-40-42-44-46-48-50-52-58(62)59-56(55-66-67(63,64)65-54-53-60(3,4)5)57(61)51-49-47-45-43-41-19-17-15-13-11-9-7-2/h49,51,56-57,61H,6-48,50,52-55H2,1-5H3,(H-,59,62,63,64)/p+1/b51-49+/t56-,57+/m0/s1. The molecule has 3 N–H and O–H groups in total. The second-order valence-electron chi connectivity index (χ2n) is 21.7. The van der Waals surface area contributed by atoms with Gasteiger partial charge in [-0.1, -0.05) is 289 Å². The summed E-state index contributed by atoms with van der Waals surface area (Å²) >= 11 is 0. The van der Waals surface area contributed by atoms with Crippen molar-refractivity contribution in [3.8, 4) is 0 Å². The summed E-state index contributed by atoms with van der Waals surface area (Å²) in [4.78, 5) is 23.2. The lowest BCUT2D eigenvalue weighted by Crippen LogP contribution is -2.45. The van der Waals surface area contributed by atoms with Crippen molar-refractivity contribution in [2.45, 2.75) is 315 Å². The highest BCUT2D eigenvalue weighted by Crippen LogP contribution is 2.43. The van der Waals surface area contributed by atoms with Crippen LogP contribution in [0.5, 0.6) is 0 Å². The largest absolute Gasteiger partial charge is 0.472 e. The fraction of sp³-hybridized carbons (Fsp3) is 0.948. The predicted molar refractivity (Wildman–Crippen MR) is 291 cm³/mol.